The molecule has 43 heavy (non-hydrogen) atoms. The first-order chi connectivity index (χ1) is 18.7. The third-order valence-corrected chi connectivity index (χ3v) is 10.3. The van der Waals surface area contributed by atoms with Crippen molar-refractivity contribution < 1.29 is 86.7 Å². The molecule has 248 valence electrons. The van der Waals surface area contributed by atoms with Gasteiger partial charge in [-0.05, 0) is 41.8 Å². The Kier molecular flexibility index (Phi) is 8.72. The number of alkyl halides is 17. The van der Waals surface area contributed by atoms with Crippen LogP contribution in [0.4, 0.5) is 74.6 Å². The second-order valence-electron chi connectivity index (χ2n) is 9.14. The number of fused-ring (bicyclic) bond motifs is 1. The molecule has 0 heterocycles. The van der Waals surface area contributed by atoms with E-state index in [0.29, 0.717) is 18.1 Å². The molecule has 0 N–H and O–H groups in total. The number of hydrogen-bond donors (Lipinski definition) is 0. The van der Waals surface area contributed by atoms with Gasteiger partial charge in [-0.15, -0.1) is 0 Å². The molecule has 0 spiro atoms. The summed E-state index contributed by atoms with van der Waals surface area (Å²) in [5.74, 6) is -52.0. The summed E-state index contributed by atoms with van der Waals surface area (Å²) in [6.07, 6.45) is -6.63. The standard InChI is InChI=1S/C21H15F17O3S2/c1-10-8-9-13(12-7-5-4-6-11(10)12)42(2,3)41-43(39,40)21(37,38)19(32,33)17(28,29)15(24,25)14(22,23)16(26,27)18(30,31)20(34,35)36/h4-9H,1-3H3. The second kappa shape index (κ2) is 10.1. The fraction of sp³-hybridized carbons (Fsp3) is 0.524. The highest BCUT2D eigenvalue weighted by Crippen LogP contribution is 2.65. The van der Waals surface area contributed by atoms with Crippen molar-refractivity contribution in [3.05, 3.63) is 42.0 Å². The third-order valence-electron chi connectivity index (χ3n) is 5.90. The minimum atomic E-state index is -8.91. The maximum absolute atomic E-state index is 14.5. The molecule has 0 saturated carbocycles. The average molecular weight is 702 g/mol. The van der Waals surface area contributed by atoms with Crippen LogP contribution in [0.5, 0.6) is 0 Å². The van der Waals surface area contributed by atoms with E-state index in [0.717, 1.165) is 6.07 Å². The van der Waals surface area contributed by atoms with Gasteiger partial charge >= 0.3 is 57.1 Å². The topological polar surface area (TPSA) is 43.4 Å². The molecular weight excluding hydrogens is 687 g/mol. The highest BCUT2D eigenvalue weighted by atomic mass is 32.3. The van der Waals surface area contributed by atoms with Crippen LogP contribution < -0.4 is 0 Å². The Hall–Kier alpha value is -2.23. The Balaban J connectivity index is 2.67. The smallest absolute Gasteiger partial charge is 0.211 e. The lowest BCUT2D eigenvalue weighted by Gasteiger charge is -2.42. The van der Waals surface area contributed by atoms with Crippen molar-refractivity contribution in [2.24, 2.45) is 0 Å². The molecule has 0 radical (unpaired) electrons. The van der Waals surface area contributed by atoms with Gasteiger partial charge in [0.1, 0.15) is 0 Å². The van der Waals surface area contributed by atoms with Crippen LogP contribution in [-0.4, -0.2) is 67.9 Å². The van der Waals surface area contributed by atoms with Gasteiger partial charge in [-0.2, -0.15) is 83.1 Å². The summed E-state index contributed by atoms with van der Waals surface area (Å²) in [5.41, 5.74) is 0.463. The highest BCUT2D eigenvalue weighted by Gasteiger charge is 2.96. The average Bonchev–Trinajstić information content (AvgIpc) is 2.82. The van der Waals surface area contributed by atoms with E-state index in [4.69, 9.17) is 0 Å². The van der Waals surface area contributed by atoms with Gasteiger partial charge < -0.3 is 0 Å². The minimum Gasteiger partial charge on any atom is -0.211 e. The van der Waals surface area contributed by atoms with Crippen molar-refractivity contribution >= 4 is 31.2 Å². The number of benzene rings is 2. The molecule has 0 aliphatic carbocycles. The summed E-state index contributed by atoms with van der Waals surface area (Å²) in [7, 11) is -11.6. The van der Waals surface area contributed by atoms with E-state index >= 15 is 0 Å². The lowest BCUT2D eigenvalue weighted by molar-refractivity contribution is -0.458. The van der Waals surface area contributed by atoms with Crippen LogP contribution in [0.2, 0.25) is 0 Å². The summed E-state index contributed by atoms with van der Waals surface area (Å²) >= 11 is 0. The van der Waals surface area contributed by atoms with E-state index in [1.54, 1.807) is 0 Å². The molecule has 0 amide bonds. The van der Waals surface area contributed by atoms with Crippen molar-refractivity contribution in [3.8, 4) is 0 Å². The minimum absolute atomic E-state index is 0.0112. The molecule has 0 aliphatic heterocycles. The van der Waals surface area contributed by atoms with E-state index in [1.807, 2.05) is 0 Å². The van der Waals surface area contributed by atoms with E-state index < -0.39 is 67.4 Å². The van der Waals surface area contributed by atoms with Crippen LogP contribution in [0, 0.1) is 6.92 Å². The Morgan fingerprint density at radius 1 is 0.535 bits per heavy atom. The molecule has 0 aromatic heterocycles. The Bertz CT molecular complexity index is 1480. The molecule has 0 unspecified atom stereocenters. The highest BCUT2D eigenvalue weighted by molar-refractivity contribution is 8.32. The zero-order valence-corrected chi connectivity index (χ0v) is 22.6. The largest absolute Gasteiger partial charge is 0.460 e. The molecule has 0 fully saturated rings. The number of rotatable bonds is 10. The van der Waals surface area contributed by atoms with Gasteiger partial charge in [0.05, 0.1) is 0 Å². The fourth-order valence-corrected chi connectivity index (χ4v) is 7.43. The summed E-state index contributed by atoms with van der Waals surface area (Å²) in [6.45, 7) is 1.49. The van der Waals surface area contributed by atoms with Crippen LogP contribution in [0.15, 0.2) is 41.3 Å². The molecule has 0 atom stereocenters. The number of halogens is 17. The molecule has 0 aliphatic rings. The number of hydrogen-bond acceptors (Lipinski definition) is 3. The Morgan fingerprint density at radius 2 is 0.907 bits per heavy atom. The molecular formula is C21H15F17O3S2. The van der Waals surface area contributed by atoms with Gasteiger partial charge in [0.25, 0.3) is 0 Å². The molecule has 22 heteroatoms. The van der Waals surface area contributed by atoms with Crippen LogP contribution in [0.1, 0.15) is 5.56 Å². The van der Waals surface area contributed by atoms with Crippen LogP contribution >= 0.6 is 10.3 Å². The van der Waals surface area contributed by atoms with Crippen molar-refractivity contribution in [3.63, 3.8) is 0 Å². The molecule has 0 bridgehead atoms. The Morgan fingerprint density at radius 3 is 1.33 bits per heavy atom. The van der Waals surface area contributed by atoms with Crippen molar-refractivity contribution in [2.75, 3.05) is 12.5 Å². The van der Waals surface area contributed by atoms with E-state index in [2.05, 4.69) is 3.63 Å². The zero-order valence-electron chi connectivity index (χ0n) is 20.9. The summed E-state index contributed by atoms with van der Waals surface area (Å²) in [6, 6.07) is 7.58. The normalized spacial score (nSPS) is 16.1. The summed E-state index contributed by atoms with van der Waals surface area (Å²) in [5, 5.41) is -7.45. The van der Waals surface area contributed by atoms with E-state index in [-0.39, 0.29) is 15.7 Å². The SMILES string of the molecule is Cc1ccc(S(C)(C)OS(=O)(=O)C(F)(F)C(F)(F)C(F)(F)C(F)(F)C(F)(F)C(F)(F)C(F)(F)C(F)(F)F)c2ccccc12. The molecule has 2 rings (SSSR count). The first-order valence-electron chi connectivity index (χ1n) is 10.6. The molecule has 2 aromatic rings. The van der Waals surface area contributed by atoms with Crippen molar-refractivity contribution in [1.82, 2.24) is 0 Å². The first kappa shape index (κ1) is 37.0. The monoisotopic (exact) mass is 702 g/mol. The lowest BCUT2D eigenvalue weighted by atomic mass is 9.91. The maximum Gasteiger partial charge on any atom is 0.460 e. The first-order valence-corrected chi connectivity index (χ1v) is 14.4. The van der Waals surface area contributed by atoms with E-state index in [9.17, 15) is 83.1 Å². The molecule has 2 aromatic carbocycles. The maximum atomic E-state index is 14.5. The van der Waals surface area contributed by atoms with Gasteiger partial charge in [-0.1, -0.05) is 40.6 Å². The predicted molar refractivity (Wildman–Crippen MR) is 117 cm³/mol. The molecule has 3 nitrogen and oxygen atoms in total. The Labute approximate surface area is 231 Å². The fourth-order valence-electron chi connectivity index (χ4n) is 3.46. The summed E-state index contributed by atoms with van der Waals surface area (Å²) in [4.78, 5) is -0.367. The van der Waals surface area contributed by atoms with Gasteiger partial charge in [-0.3, -0.25) is 0 Å². The van der Waals surface area contributed by atoms with Crippen molar-refractivity contribution in [2.45, 2.75) is 58.8 Å². The lowest BCUT2D eigenvalue weighted by Crippen LogP contribution is -2.75. The van der Waals surface area contributed by atoms with E-state index in [1.165, 1.54) is 37.3 Å². The second-order valence-corrected chi connectivity index (χ2v) is 14.0. The van der Waals surface area contributed by atoms with Crippen molar-refractivity contribution in [1.29, 1.82) is 0 Å². The van der Waals surface area contributed by atoms with Gasteiger partial charge in [0, 0.05) is 4.90 Å². The van der Waals surface area contributed by atoms with Gasteiger partial charge in [0.15, 0.2) is 0 Å². The van der Waals surface area contributed by atoms with Gasteiger partial charge in [0.2, 0.25) is 0 Å². The van der Waals surface area contributed by atoms with Crippen LogP contribution in [0.3, 0.4) is 0 Å². The zero-order chi connectivity index (χ0) is 34.3. The number of aryl methyl sites for hydroxylation is 1. The van der Waals surface area contributed by atoms with Crippen LogP contribution in [0.25, 0.3) is 10.8 Å². The third kappa shape index (κ3) is 5.07. The quantitative estimate of drug-likeness (QED) is 0.233. The summed E-state index contributed by atoms with van der Waals surface area (Å²) < 4.78 is 259. The van der Waals surface area contributed by atoms with Crippen LogP contribution in [-0.2, 0) is 13.7 Å². The molecule has 0 saturated heterocycles. The van der Waals surface area contributed by atoms with Gasteiger partial charge in [-0.25, -0.2) is 3.63 Å². The predicted octanol–water partition coefficient (Wildman–Crippen LogP) is 8.80.